The summed E-state index contributed by atoms with van der Waals surface area (Å²) in [5.41, 5.74) is 2.91. The van der Waals surface area contributed by atoms with E-state index in [9.17, 15) is 13.2 Å². The Labute approximate surface area is 188 Å². The monoisotopic (exact) mass is 448 g/mol. The fourth-order valence-electron chi connectivity index (χ4n) is 3.21. The summed E-state index contributed by atoms with van der Waals surface area (Å²) in [6.45, 7) is 0.305. The van der Waals surface area contributed by atoms with E-state index in [1.165, 1.54) is 31.3 Å². The van der Waals surface area contributed by atoms with Crippen LogP contribution in [0, 0.1) is 11.3 Å². The third-order valence-corrected chi connectivity index (χ3v) is 6.73. The van der Waals surface area contributed by atoms with Gasteiger partial charge in [0.25, 0.3) is 0 Å². The van der Waals surface area contributed by atoms with Gasteiger partial charge in [0.1, 0.15) is 0 Å². The van der Waals surface area contributed by atoms with Gasteiger partial charge in [0, 0.05) is 20.6 Å². The molecule has 164 valence electrons. The van der Waals surface area contributed by atoms with Crippen LogP contribution in [-0.2, 0) is 21.4 Å². The first kappa shape index (κ1) is 23.0. The molecule has 7 nitrogen and oxygen atoms in total. The second-order valence-corrected chi connectivity index (χ2v) is 9.35. The Morgan fingerprint density at radius 2 is 1.56 bits per heavy atom. The van der Waals surface area contributed by atoms with Crippen molar-refractivity contribution in [1.29, 1.82) is 5.26 Å². The molecule has 0 spiro atoms. The lowest BCUT2D eigenvalue weighted by Crippen LogP contribution is -2.35. The number of amides is 1. The van der Waals surface area contributed by atoms with Crippen LogP contribution in [0.5, 0.6) is 0 Å². The Morgan fingerprint density at radius 3 is 2.22 bits per heavy atom. The highest BCUT2D eigenvalue weighted by atomic mass is 32.2. The second-order valence-electron chi connectivity index (χ2n) is 7.30. The molecule has 0 aliphatic heterocycles. The number of nitrogens with one attached hydrogen (secondary N) is 1. The molecular formula is C24H24N4O3S. The molecule has 0 fully saturated rings. The van der Waals surface area contributed by atoms with Gasteiger partial charge in [-0.3, -0.25) is 4.79 Å². The lowest BCUT2D eigenvalue weighted by Gasteiger charge is -2.23. The first-order chi connectivity index (χ1) is 15.3. The Morgan fingerprint density at radius 1 is 0.938 bits per heavy atom. The molecule has 0 heterocycles. The molecule has 1 amide bonds. The highest BCUT2D eigenvalue weighted by molar-refractivity contribution is 7.89. The van der Waals surface area contributed by atoms with Crippen molar-refractivity contribution >= 4 is 27.3 Å². The third kappa shape index (κ3) is 5.52. The standard InChI is InChI=1S/C24H24N4O3S/c1-27(17-20-8-4-3-5-9-20)23-11-7-6-10-22(23)26-24(29)18-28(2)32(30,31)21-14-12-19(16-25)13-15-21/h3-15H,17-18H2,1-2H3,(H,26,29). The minimum absolute atomic E-state index is 0.0230. The molecule has 3 aromatic carbocycles. The average Bonchev–Trinajstić information content (AvgIpc) is 2.80. The number of nitrogens with zero attached hydrogens (tertiary/aromatic N) is 3. The maximum absolute atomic E-state index is 12.8. The molecule has 0 atom stereocenters. The van der Waals surface area contributed by atoms with Crippen molar-refractivity contribution in [3.63, 3.8) is 0 Å². The molecule has 3 rings (SSSR count). The average molecular weight is 449 g/mol. The van der Waals surface area contributed by atoms with Crippen molar-refractivity contribution < 1.29 is 13.2 Å². The number of hydrogen-bond donors (Lipinski definition) is 1. The number of sulfonamides is 1. The molecule has 0 saturated heterocycles. The zero-order chi connectivity index (χ0) is 23.1. The summed E-state index contributed by atoms with van der Waals surface area (Å²) < 4.78 is 26.5. The fourth-order valence-corrected chi connectivity index (χ4v) is 4.34. The summed E-state index contributed by atoms with van der Waals surface area (Å²) in [7, 11) is -0.588. The number of nitriles is 1. The number of anilines is 2. The molecule has 0 aromatic heterocycles. The smallest absolute Gasteiger partial charge is 0.243 e. The van der Waals surface area contributed by atoms with Gasteiger partial charge >= 0.3 is 0 Å². The quantitative estimate of drug-likeness (QED) is 0.570. The van der Waals surface area contributed by atoms with Gasteiger partial charge in [-0.25, -0.2) is 8.42 Å². The summed E-state index contributed by atoms with van der Waals surface area (Å²) in [6.07, 6.45) is 0. The van der Waals surface area contributed by atoms with Crippen molar-refractivity contribution in [3.05, 3.63) is 90.0 Å². The Kier molecular flexibility index (Phi) is 7.25. The van der Waals surface area contributed by atoms with Gasteiger partial charge < -0.3 is 10.2 Å². The summed E-state index contributed by atoms with van der Waals surface area (Å²) >= 11 is 0. The van der Waals surface area contributed by atoms with Crippen LogP contribution in [0.15, 0.2) is 83.8 Å². The normalized spacial score (nSPS) is 11.1. The van der Waals surface area contributed by atoms with E-state index in [0.717, 1.165) is 15.6 Å². The highest BCUT2D eigenvalue weighted by Gasteiger charge is 2.23. The summed E-state index contributed by atoms with van der Waals surface area (Å²) in [4.78, 5) is 14.7. The van der Waals surface area contributed by atoms with E-state index in [2.05, 4.69) is 5.32 Å². The largest absolute Gasteiger partial charge is 0.369 e. The molecule has 0 aliphatic rings. The number of hydrogen-bond acceptors (Lipinski definition) is 5. The second kappa shape index (κ2) is 10.1. The number of benzene rings is 3. The maximum Gasteiger partial charge on any atom is 0.243 e. The fraction of sp³-hybridized carbons (Fsp3) is 0.167. The molecule has 1 N–H and O–H groups in total. The lowest BCUT2D eigenvalue weighted by molar-refractivity contribution is -0.116. The zero-order valence-corrected chi connectivity index (χ0v) is 18.7. The van der Waals surface area contributed by atoms with Crippen LogP contribution in [0.1, 0.15) is 11.1 Å². The summed E-state index contributed by atoms with van der Waals surface area (Å²) in [6, 6.07) is 24.9. The molecule has 3 aromatic rings. The van der Waals surface area contributed by atoms with Crippen molar-refractivity contribution in [2.75, 3.05) is 30.9 Å². The van der Waals surface area contributed by atoms with E-state index < -0.39 is 15.9 Å². The molecule has 0 unspecified atom stereocenters. The van der Waals surface area contributed by atoms with Crippen LogP contribution in [0.2, 0.25) is 0 Å². The van der Waals surface area contributed by atoms with Crippen LogP contribution < -0.4 is 10.2 Å². The molecule has 0 aliphatic carbocycles. The van der Waals surface area contributed by atoms with Crippen LogP contribution in [-0.4, -0.2) is 39.3 Å². The molecule has 0 radical (unpaired) electrons. The number of para-hydroxylation sites is 2. The third-order valence-electron chi connectivity index (χ3n) is 4.91. The number of likely N-dealkylation sites (N-methyl/N-ethyl adjacent to an activating group) is 1. The van der Waals surface area contributed by atoms with Gasteiger partial charge in [0.05, 0.1) is 34.4 Å². The highest BCUT2D eigenvalue weighted by Crippen LogP contribution is 2.26. The minimum atomic E-state index is -3.87. The predicted molar refractivity (Wildman–Crippen MR) is 125 cm³/mol. The van der Waals surface area contributed by atoms with E-state index in [1.807, 2.05) is 66.5 Å². The van der Waals surface area contributed by atoms with Crippen molar-refractivity contribution in [2.45, 2.75) is 11.4 Å². The van der Waals surface area contributed by atoms with Gasteiger partial charge in [-0.1, -0.05) is 42.5 Å². The summed E-state index contributed by atoms with van der Waals surface area (Å²) in [5, 5.41) is 11.7. The van der Waals surface area contributed by atoms with Gasteiger partial charge in [-0.05, 0) is 42.0 Å². The molecular weight excluding hydrogens is 424 g/mol. The minimum Gasteiger partial charge on any atom is -0.369 e. The number of rotatable bonds is 8. The van der Waals surface area contributed by atoms with Crippen molar-refractivity contribution in [1.82, 2.24) is 4.31 Å². The van der Waals surface area contributed by atoms with Crippen LogP contribution >= 0.6 is 0 Å². The molecule has 32 heavy (non-hydrogen) atoms. The SMILES string of the molecule is CN(Cc1ccccc1)c1ccccc1NC(=O)CN(C)S(=O)(=O)c1ccc(C#N)cc1. The van der Waals surface area contributed by atoms with Crippen LogP contribution in [0.4, 0.5) is 11.4 Å². The maximum atomic E-state index is 12.8. The summed E-state index contributed by atoms with van der Waals surface area (Å²) in [5.74, 6) is -0.453. The van der Waals surface area contributed by atoms with Gasteiger partial charge in [-0.15, -0.1) is 0 Å². The van der Waals surface area contributed by atoms with E-state index >= 15 is 0 Å². The topological polar surface area (TPSA) is 93.5 Å². The zero-order valence-electron chi connectivity index (χ0n) is 17.9. The lowest BCUT2D eigenvalue weighted by atomic mass is 10.2. The van der Waals surface area contributed by atoms with E-state index in [-0.39, 0.29) is 11.4 Å². The number of carbonyl (C=O) groups excluding carboxylic acids is 1. The van der Waals surface area contributed by atoms with Crippen LogP contribution in [0.25, 0.3) is 0 Å². The first-order valence-corrected chi connectivity index (χ1v) is 11.4. The van der Waals surface area contributed by atoms with E-state index in [1.54, 1.807) is 6.07 Å². The Bertz CT molecular complexity index is 1220. The molecule has 0 bridgehead atoms. The van der Waals surface area contributed by atoms with Crippen molar-refractivity contribution in [2.24, 2.45) is 0 Å². The molecule has 0 saturated carbocycles. The Balaban J connectivity index is 1.70. The first-order valence-electron chi connectivity index (χ1n) is 9.91. The van der Waals surface area contributed by atoms with Gasteiger partial charge in [-0.2, -0.15) is 9.57 Å². The Hall–Kier alpha value is -3.67. The van der Waals surface area contributed by atoms with Gasteiger partial charge in [0.2, 0.25) is 15.9 Å². The van der Waals surface area contributed by atoms with E-state index in [4.69, 9.17) is 5.26 Å². The van der Waals surface area contributed by atoms with E-state index in [0.29, 0.717) is 17.8 Å². The van der Waals surface area contributed by atoms with Gasteiger partial charge in [0.15, 0.2) is 0 Å². The molecule has 8 heteroatoms. The van der Waals surface area contributed by atoms with Crippen molar-refractivity contribution in [3.8, 4) is 6.07 Å². The number of carbonyl (C=O) groups is 1. The predicted octanol–water partition coefficient (Wildman–Crippen LogP) is 3.45. The van der Waals surface area contributed by atoms with Crippen LogP contribution in [0.3, 0.4) is 0 Å².